The van der Waals surface area contributed by atoms with Gasteiger partial charge < -0.3 is 25.2 Å². The number of hydrogen-bond donors (Lipinski definition) is 2. The van der Waals surface area contributed by atoms with Crippen LogP contribution in [0.15, 0.2) is 78.2 Å². The maximum absolute atomic E-state index is 14.3. The largest absolute Gasteiger partial charge is 0.469 e. The molecule has 2 aromatic carbocycles. The van der Waals surface area contributed by atoms with Crippen LogP contribution in [-0.4, -0.2) is 78.4 Å². The van der Waals surface area contributed by atoms with Crippen LogP contribution in [0.3, 0.4) is 0 Å². The summed E-state index contributed by atoms with van der Waals surface area (Å²) < 4.78 is 62.8. The molecule has 0 spiro atoms. The lowest BCUT2D eigenvalue weighted by Gasteiger charge is -2.42. The number of para-hydroxylation sites is 1. The van der Waals surface area contributed by atoms with Crippen LogP contribution in [0.4, 0.5) is 39.5 Å². The molecule has 3 atom stereocenters. The summed E-state index contributed by atoms with van der Waals surface area (Å²) in [7, 11) is 0. The lowest BCUT2D eigenvalue weighted by Crippen LogP contribution is -2.50. The van der Waals surface area contributed by atoms with Crippen molar-refractivity contribution in [3.8, 4) is 0 Å². The van der Waals surface area contributed by atoms with Crippen molar-refractivity contribution in [3.63, 3.8) is 0 Å². The van der Waals surface area contributed by atoms with Gasteiger partial charge in [0.25, 0.3) is 5.91 Å². The Hall–Kier alpha value is -4.65. The fraction of sp³-hybridized carbons (Fsp3) is 0.417. The van der Waals surface area contributed by atoms with E-state index in [9.17, 15) is 27.2 Å². The molecule has 3 aliphatic heterocycles. The number of pyridine rings is 1. The number of piperidine rings is 1. The number of rotatable bonds is 6. The Labute approximate surface area is 282 Å². The first-order valence-corrected chi connectivity index (χ1v) is 16.6. The highest BCUT2D eigenvalue weighted by Gasteiger charge is 2.47. The van der Waals surface area contributed by atoms with Gasteiger partial charge in [0.05, 0.1) is 23.1 Å². The van der Waals surface area contributed by atoms with Crippen LogP contribution >= 0.6 is 0 Å². The molecule has 2 N–H and O–H groups in total. The van der Waals surface area contributed by atoms with Crippen LogP contribution < -0.4 is 15.5 Å². The molecule has 0 saturated carbocycles. The minimum atomic E-state index is -4.74. The molecule has 3 aliphatic rings. The van der Waals surface area contributed by atoms with E-state index in [1.165, 1.54) is 30.8 Å². The Morgan fingerprint density at radius 3 is 2.35 bits per heavy atom. The lowest BCUT2D eigenvalue weighted by atomic mass is 9.88. The molecule has 0 aliphatic carbocycles. The molecular formula is C36H40F4N6O3. The average molecular weight is 681 g/mol. The highest BCUT2D eigenvalue weighted by molar-refractivity contribution is 6.03. The number of halogens is 4. The smallest absolute Gasteiger partial charge is 0.416 e. The van der Waals surface area contributed by atoms with E-state index >= 15 is 0 Å². The second kappa shape index (κ2) is 14.5. The van der Waals surface area contributed by atoms with E-state index < -0.39 is 47.4 Å². The first kappa shape index (κ1) is 34.2. The molecule has 260 valence electrons. The Morgan fingerprint density at radius 2 is 1.67 bits per heavy atom. The number of aromatic nitrogens is 1. The molecule has 0 radical (unpaired) electrons. The van der Waals surface area contributed by atoms with Gasteiger partial charge in [-0.05, 0) is 61.4 Å². The number of hydrogen-bond acceptors (Lipinski definition) is 6. The summed E-state index contributed by atoms with van der Waals surface area (Å²) in [6.07, 6.45) is -2.04. The predicted octanol–water partition coefficient (Wildman–Crippen LogP) is 6.90. The topological polar surface area (TPSA) is 90.0 Å². The van der Waals surface area contributed by atoms with Crippen molar-refractivity contribution in [2.45, 2.75) is 51.4 Å². The van der Waals surface area contributed by atoms with Gasteiger partial charge in [-0.3, -0.25) is 9.69 Å². The summed E-state index contributed by atoms with van der Waals surface area (Å²) >= 11 is 0. The van der Waals surface area contributed by atoms with Gasteiger partial charge >= 0.3 is 12.2 Å². The minimum Gasteiger partial charge on any atom is -0.469 e. The van der Waals surface area contributed by atoms with E-state index in [-0.39, 0.29) is 23.7 Å². The highest BCUT2D eigenvalue weighted by Crippen LogP contribution is 2.42. The van der Waals surface area contributed by atoms with Crippen molar-refractivity contribution in [1.82, 2.24) is 14.8 Å². The van der Waals surface area contributed by atoms with Gasteiger partial charge in [0.15, 0.2) is 12.0 Å². The number of nitrogens with one attached hydrogen (secondary N) is 2. The molecule has 3 aromatic rings. The number of ether oxygens (including phenoxy) is 1. The number of carbonyl (C=O) groups is 2. The number of anilines is 3. The predicted molar refractivity (Wildman–Crippen MR) is 179 cm³/mol. The number of amides is 3. The fourth-order valence-corrected chi connectivity index (χ4v) is 6.81. The van der Waals surface area contributed by atoms with E-state index in [2.05, 4.69) is 44.8 Å². The molecule has 13 heteroatoms. The van der Waals surface area contributed by atoms with Crippen molar-refractivity contribution in [1.29, 1.82) is 0 Å². The molecule has 49 heavy (non-hydrogen) atoms. The van der Waals surface area contributed by atoms with E-state index in [0.29, 0.717) is 45.1 Å². The quantitative estimate of drug-likeness (QED) is 0.276. The highest BCUT2D eigenvalue weighted by atomic mass is 19.4. The normalized spacial score (nSPS) is 22.0. The van der Waals surface area contributed by atoms with E-state index in [0.717, 1.165) is 18.4 Å². The molecule has 3 unspecified atom stereocenters. The van der Waals surface area contributed by atoms with Crippen molar-refractivity contribution < 1.29 is 31.9 Å². The van der Waals surface area contributed by atoms with E-state index in [4.69, 9.17) is 4.74 Å². The molecule has 2 saturated heterocycles. The van der Waals surface area contributed by atoms with Crippen LogP contribution in [-0.2, 0) is 9.53 Å². The van der Waals surface area contributed by atoms with Gasteiger partial charge in [-0.2, -0.15) is 13.2 Å². The summed E-state index contributed by atoms with van der Waals surface area (Å²) in [6.45, 7) is 6.48. The monoisotopic (exact) mass is 680 g/mol. The third-order valence-corrected chi connectivity index (χ3v) is 9.48. The number of allylic oxidation sites excluding steroid dienone is 1. The molecule has 4 heterocycles. The number of aryl methyl sites for hydroxylation is 1. The number of urea groups is 1. The maximum Gasteiger partial charge on any atom is 0.416 e. The third-order valence-electron chi connectivity index (χ3n) is 9.48. The summed E-state index contributed by atoms with van der Waals surface area (Å²) in [5.41, 5.74) is 1.71. The van der Waals surface area contributed by atoms with Gasteiger partial charge in [0, 0.05) is 45.7 Å². The van der Waals surface area contributed by atoms with Crippen molar-refractivity contribution >= 4 is 29.1 Å². The molecule has 1 aromatic heterocycles. The number of nitrogens with zero attached hydrogens (tertiary/aromatic N) is 4. The van der Waals surface area contributed by atoms with Gasteiger partial charge in [-0.25, -0.2) is 14.2 Å². The average Bonchev–Trinajstić information content (AvgIpc) is 3.09. The fourth-order valence-electron chi connectivity index (χ4n) is 6.81. The van der Waals surface area contributed by atoms with Crippen molar-refractivity contribution in [2.24, 2.45) is 5.92 Å². The second-order valence-corrected chi connectivity index (χ2v) is 12.9. The first-order valence-electron chi connectivity index (χ1n) is 16.6. The number of carbonyl (C=O) groups excluding carboxylic acids is 2. The SMILES string of the molecule is Cc1ccc(C2CCCN(C3CC(C)C(C(F)(F)F)=C(C(=O)Nc4ccc(N5CCN(C(=O)Nc6ccccc6F)CC5)nc4)O3)C2)cc1. The number of benzene rings is 2. The Kier molecular flexibility index (Phi) is 10.1. The second-order valence-electron chi connectivity index (χ2n) is 12.9. The van der Waals surface area contributed by atoms with Gasteiger partial charge in [0.1, 0.15) is 11.6 Å². The van der Waals surface area contributed by atoms with E-state index in [1.54, 1.807) is 29.2 Å². The molecule has 3 amide bonds. The Morgan fingerprint density at radius 1 is 0.939 bits per heavy atom. The van der Waals surface area contributed by atoms with Crippen LogP contribution in [0, 0.1) is 18.7 Å². The van der Waals surface area contributed by atoms with Crippen molar-refractivity contribution in [2.75, 3.05) is 54.8 Å². The Balaban J connectivity index is 1.09. The van der Waals surface area contributed by atoms with Gasteiger partial charge in [-0.15, -0.1) is 0 Å². The summed E-state index contributed by atoms with van der Waals surface area (Å²) in [4.78, 5) is 36.1. The number of piperazine rings is 1. The molecule has 0 bridgehead atoms. The maximum atomic E-state index is 14.3. The molecule has 6 rings (SSSR count). The summed E-state index contributed by atoms with van der Waals surface area (Å²) in [5.74, 6) is -2.33. The third kappa shape index (κ3) is 7.98. The lowest BCUT2D eigenvalue weighted by molar-refractivity contribution is -0.138. The first-order chi connectivity index (χ1) is 23.5. The standard InChI is InChI=1S/C36H40F4N6O3/c1-23-9-11-25(12-10-23)26-6-5-15-46(22-26)31-20-24(2)32(36(38,39)40)33(49-31)34(47)42-27-13-14-30(41-21-27)44-16-18-45(19-17-44)35(48)43-29-8-4-3-7-28(29)37/h3-4,7-14,21,24,26,31H,5-6,15-20,22H2,1-2H3,(H,42,47)(H,43,48). The van der Waals surface area contributed by atoms with Crippen molar-refractivity contribution in [3.05, 3.63) is 95.1 Å². The molecule has 2 fully saturated rings. The number of alkyl halides is 3. The van der Waals surface area contributed by atoms with Crippen LogP contribution in [0.1, 0.15) is 43.2 Å². The molecule has 9 nitrogen and oxygen atoms in total. The van der Waals surface area contributed by atoms with Crippen LogP contribution in [0.5, 0.6) is 0 Å². The van der Waals surface area contributed by atoms with Gasteiger partial charge in [-0.1, -0.05) is 48.9 Å². The minimum absolute atomic E-state index is 0.106. The zero-order valence-corrected chi connectivity index (χ0v) is 27.5. The van der Waals surface area contributed by atoms with Gasteiger partial charge in [0.2, 0.25) is 0 Å². The summed E-state index contributed by atoms with van der Waals surface area (Å²) in [5, 5.41) is 5.15. The zero-order chi connectivity index (χ0) is 34.7. The zero-order valence-electron chi connectivity index (χ0n) is 27.5. The Bertz CT molecular complexity index is 1670. The van der Waals surface area contributed by atoms with Crippen LogP contribution in [0.2, 0.25) is 0 Å². The molecular weight excluding hydrogens is 640 g/mol. The number of likely N-dealkylation sites (tertiary alicyclic amines) is 1. The van der Waals surface area contributed by atoms with Crippen LogP contribution in [0.25, 0.3) is 0 Å². The van der Waals surface area contributed by atoms with E-state index in [1.807, 2.05) is 11.8 Å². The summed E-state index contributed by atoms with van der Waals surface area (Å²) in [6, 6.07) is 17.1.